The van der Waals surface area contributed by atoms with Crippen molar-refractivity contribution in [2.24, 2.45) is 0 Å². The van der Waals surface area contributed by atoms with E-state index in [1.165, 1.54) is 7.11 Å². The van der Waals surface area contributed by atoms with Gasteiger partial charge >= 0.3 is 5.97 Å². The van der Waals surface area contributed by atoms with Crippen LogP contribution in [0.3, 0.4) is 0 Å². The fraction of sp³-hybridized carbons (Fsp3) is 0.857. The molecule has 0 rings (SSSR count). The molecular formula is C7H14O5S. The third-order valence-corrected chi connectivity index (χ3v) is 3.19. The van der Waals surface area contributed by atoms with Crippen LogP contribution in [0.1, 0.15) is 26.2 Å². The van der Waals surface area contributed by atoms with Crippen LogP contribution in [0, 0.1) is 0 Å². The smallest absolute Gasteiger partial charge is 0.305 e. The van der Waals surface area contributed by atoms with Gasteiger partial charge in [-0.1, -0.05) is 6.92 Å². The Morgan fingerprint density at radius 1 is 1.54 bits per heavy atom. The summed E-state index contributed by atoms with van der Waals surface area (Å²) in [6, 6.07) is 0. The van der Waals surface area contributed by atoms with Gasteiger partial charge in [-0.15, -0.1) is 0 Å². The van der Waals surface area contributed by atoms with Crippen molar-refractivity contribution in [3.63, 3.8) is 0 Å². The minimum absolute atomic E-state index is 0.00873. The van der Waals surface area contributed by atoms with Crippen molar-refractivity contribution in [2.45, 2.75) is 31.4 Å². The Kier molecular flexibility index (Phi) is 4.94. The molecule has 0 aromatic heterocycles. The number of carbonyl (C=O) groups excluding carboxylic acids is 1. The Morgan fingerprint density at radius 3 is 2.38 bits per heavy atom. The molecular weight excluding hydrogens is 196 g/mol. The number of hydrogen-bond acceptors (Lipinski definition) is 4. The maximum Gasteiger partial charge on any atom is 0.305 e. The third kappa shape index (κ3) is 4.84. The molecule has 0 amide bonds. The lowest BCUT2D eigenvalue weighted by Crippen LogP contribution is -2.20. The summed E-state index contributed by atoms with van der Waals surface area (Å²) < 4.78 is 34.4. The van der Waals surface area contributed by atoms with Crippen LogP contribution in [0.4, 0.5) is 0 Å². The number of hydrogen-bond donors (Lipinski definition) is 1. The van der Waals surface area contributed by atoms with E-state index in [1.54, 1.807) is 6.92 Å². The van der Waals surface area contributed by atoms with Gasteiger partial charge in [-0.2, -0.15) is 8.42 Å². The highest BCUT2D eigenvalue weighted by atomic mass is 32.2. The average Bonchev–Trinajstić information content (AvgIpc) is 2.02. The summed E-state index contributed by atoms with van der Waals surface area (Å²) in [5.74, 6) is -0.470. The van der Waals surface area contributed by atoms with Gasteiger partial charge in [-0.05, 0) is 12.8 Å². The van der Waals surface area contributed by atoms with Crippen molar-refractivity contribution in [1.82, 2.24) is 0 Å². The minimum Gasteiger partial charge on any atom is -0.469 e. The van der Waals surface area contributed by atoms with Crippen molar-refractivity contribution in [2.75, 3.05) is 7.11 Å². The molecule has 1 atom stereocenters. The summed E-state index contributed by atoms with van der Waals surface area (Å²) in [5.41, 5.74) is 0. The van der Waals surface area contributed by atoms with E-state index in [-0.39, 0.29) is 19.3 Å². The summed E-state index contributed by atoms with van der Waals surface area (Å²) in [7, 11) is -2.79. The van der Waals surface area contributed by atoms with Gasteiger partial charge in [0, 0.05) is 6.42 Å². The van der Waals surface area contributed by atoms with Crippen LogP contribution in [-0.2, 0) is 19.6 Å². The second-order valence-corrected chi connectivity index (χ2v) is 4.36. The number of methoxy groups -OCH3 is 1. The lowest BCUT2D eigenvalue weighted by atomic mass is 10.2. The van der Waals surface area contributed by atoms with Crippen molar-refractivity contribution < 1.29 is 22.5 Å². The topological polar surface area (TPSA) is 80.7 Å². The van der Waals surface area contributed by atoms with Crippen LogP contribution < -0.4 is 0 Å². The van der Waals surface area contributed by atoms with Gasteiger partial charge in [0.15, 0.2) is 0 Å². The van der Waals surface area contributed by atoms with Gasteiger partial charge in [-0.3, -0.25) is 9.35 Å². The number of esters is 1. The molecule has 0 spiro atoms. The van der Waals surface area contributed by atoms with Crippen LogP contribution in [0.2, 0.25) is 0 Å². The summed E-state index contributed by atoms with van der Waals surface area (Å²) in [6.07, 6.45) is 0.395. The van der Waals surface area contributed by atoms with E-state index in [0.717, 1.165) is 0 Å². The zero-order chi connectivity index (χ0) is 10.5. The maximum atomic E-state index is 10.7. The first-order chi connectivity index (χ1) is 5.91. The zero-order valence-corrected chi connectivity index (χ0v) is 8.50. The molecule has 0 aromatic carbocycles. The van der Waals surface area contributed by atoms with E-state index in [9.17, 15) is 13.2 Å². The highest BCUT2D eigenvalue weighted by Gasteiger charge is 2.21. The Hall–Kier alpha value is -0.620. The fourth-order valence-electron chi connectivity index (χ4n) is 0.945. The molecule has 0 aliphatic heterocycles. The molecule has 0 fully saturated rings. The zero-order valence-electron chi connectivity index (χ0n) is 7.69. The van der Waals surface area contributed by atoms with Crippen LogP contribution in [0.15, 0.2) is 0 Å². The van der Waals surface area contributed by atoms with E-state index in [1.807, 2.05) is 0 Å². The molecule has 0 saturated carbocycles. The summed E-state index contributed by atoms with van der Waals surface area (Å²) in [4.78, 5) is 10.7. The van der Waals surface area contributed by atoms with E-state index >= 15 is 0 Å². The Bertz CT molecular complexity index is 256. The molecule has 1 unspecified atom stereocenters. The molecule has 0 aliphatic rings. The first-order valence-electron chi connectivity index (χ1n) is 3.95. The number of rotatable bonds is 5. The second-order valence-electron chi connectivity index (χ2n) is 2.66. The largest absolute Gasteiger partial charge is 0.469 e. The van der Waals surface area contributed by atoms with E-state index in [2.05, 4.69) is 4.74 Å². The van der Waals surface area contributed by atoms with Crippen molar-refractivity contribution >= 4 is 16.1 Å². The average molecular weight is 210 g/mol. The van der Waals surface area contributed by atoms with Crippen LogP contribution in [0.25, 0.3) is 0 Å². The molecule has 0 radical (unpaired) electrons. The lowest BCUT2D eigenvalue weighted by molar-refractivity contribution is -0.140. The lowest BCUT2D eigenvalue weighted by Gasteiger charge is -2.09. The van der Waals surface area contributed by atoms with E-state index < -0.39 is 21.3 Å². The standard InChI is InChI=1S/C7H14O5S/c1-3-6(13(9,10)11)4-5-7(8)12-2/h6H,3-5H2,1-2H3,(H,9,10,11). The predicted molar refractivity (Wildman–Crippen MR) is 46.9 cm³/mol. The maximum absolute atomic E-state index is 10.7. The molecule has 13 heavy (non-hydrogen) atoms. The molecule has 1 N–H and O–H groups in total. The van der Waals surface area contributed by atoms with Gasteiger partial charge in [0.25, 0.3) is 10.1 Å². The van der Waals surface area contributed by atoms with Crippen molar-refractivity contribution in [1.29, 1.82) is 0 Å². The highest BCUT2D eigenvalue weighted by Crippen LogP contribution is 2.11. The normalized spacial score (nSPS) is 13.8. The highest BCUT2D eigenvalue weighted by molar-refractivity contribution is 7.86. The monoisotopic (exact) mass is 210 g/mol. The molecule has 0 bridgehead atoms. The van der Waals surface area contributed by atoms with Crippen LogP contribution in [-0.4, -0.2) is 31.3 Å². The molecule has 6 heteroatoms. The van der Waals surface area contributed by atoms with Crippen molar-refractivity contribution in [3.8, 4) is 0 Å². The van der Waals surface area contributed by atoms with Gasteiger partial charge in [0.2, 0.25) is 0 Å². The van der Waals surface area contributed by atoms with Crippen LogP contribution >= 0.6 is 0 Å². The number of carbonyl (C=O) groups is 1. The van der Waals surface area contributed by atoms with Crippen LogP contribution in [0.5, 0.6) is 0 Å². The quantitative estimate of drug-likeness (QED) is 0.531. The Balaban J connectivity index is 4.09. The molecule has 78 valence electrons. The Labute approximate surface area is 77.8 Å². The molecule has 0 saturated heterocycles. The summed E-state index contributed by atoms with van der Waals surface area (Å²) in [6.45, 7) is 1.63. The van der Waals surface area contributed by atoms with Gasteiger partial charge < -0.3 is 4.74 Å². The van der Waals surface area contributed by atoms with E-state index in [4.69, 9.17) is 4.55 Å². The minimum atomic E-state index is -4.03. The van der Waals surface area contributed by atoms with Gasteiger partial charge in [0.05, 0.1) is 12.4 Å². The van der Waals surface area contributed by atoms with Crippen molar-refractivity contribution in [3.05, 3.63) is 0 Å². The Morgan fingerprint density at radius 2 is 2.08 bits per heavy atom. The second kappa shape index (κ2) is 5.18. The molecule has 5 nitrogen and oxygen atoms in total. The molecule has 0 heterocycles. The fourth-order valence-corrected chi connectivity index (χ4v) is 1.78. The number of ether oxygens (including phenoxy) is 1. The SMILES string of the molecule is CCC(CCC(=O)OC)S(=O)(=O)O. The van der Waals surface area contributed by atoms with Gasteiger partial charge in [0.1, 0.15) is 0 Å². The molecule has 0 aromatic rings. The predicted octanol–water partition coefficient (Wildman–Crippen LogP) is 0.606. The molecule has 0 aliphatic carbocycles. The van der Waals surface area contributed by atoms with E-state index in [0.29, 0.717) is 0 Å². The first kappa shape index (κ1) is 12.4. The third-order valence-electron chi connectivity index (χ3n) is 1.77. The first-order valence-corrected chi connectivity index (χ1v) is 5.45. The summed E-state index contributed by atoms with van der Waals surface area (Å²) in [5, 5.41) is -0.869. The van der Waals surface area contributed by atoms with Gasteiger partial charge in [-0.25, -0.2) is 0 Å². The summed E-state index contributed by atoms with van der Waals surface area (Å²) >= 11 is 0.